The molecule has 1 aliphatic rings. The first kappa shape index (κ1) is 11.5. The number of carbonyl (C=O) groups excluding carboxylic acids is 1. The van der Waals surface area contributed by atoms with Crippen molar-refractivity contribution in [1.29, 1.82) is 0 Å². The molecule has 0 radical (unpaired) electrons. The van der Waals surface area contributed by atoms with E-state index >= 15 is 0 Å². The van der Waals surface area contributed by atoms with Crippen molar-refractivity contribution < 1.29 is 4.79 Å². The molecule has 0 aliphatic heterocycles. The molecule has 0 heterocycles. The van der Waals surface area contributed by atoms with E-state index < -0.39 is 0 Å². The van der Waals surface area contributed by atoms with E-state index in [1.165, 1.54) is 12.8 Å². The van der Waals surface area contributed by atoms with Crippen molar-refractivity contribution in [2.75, 3.05) is 13.1 Å². The standard InChI is InChI=1S/C11H22N2O/c1-4-13(7-9-5-6-9)11(14)10(12)8(2)3/h8-10H,4-7,12H2,1-3H3/t10-/m1/s1. The molecule has 1 amide bonds. The lowest BCUT2D eigenvalue weighted by molar-refractivity contribution is -0.133. The van der Waals surface area contributed by atoms with Gasteiger partial charge in [0, 0.05) is 13.1 Å². The first-order valence-electron chi connectivity index (χ1n) is 5.60. The monoisotopic (exact) mass is 198 g/mol. The van der Waals surface area contributed by atoms with Gasteiger partial charge in [-0.1, -0.05) is 13.8 Å². The Hall–Kier alpha value is -0.570. The lowest BCUT2D eigenvalue weighted by Crippen LogP contribution is -2.47. The second-order valence-electron chi connectivity index (χ2n) is 4.59. The van der Waals surface area contributed by atoms with Crippen LogP contribution in [-0.4, -0.2) is 29.9 Å². The molecular formula is C11H22N2O. The molecule has 14 heavy (non-hydrogen) atoms. The second kappa shape index (κ2) is 4.78. The summed E-state index contributed by atoms with van der Waals surface area (Å²) in [7, 11) is 0. The smallest absolute Gasteiger partial charge is 0.239 e. The average Bonchev–Trinajstić information content (AvgIpc) is 2.95. The predicted octanol–water partition coefficient (Wildman–Crippen LogP) is 1.23. The fourth-order valence-electron chi connectivity index (χ4n) is 1.48. The zero-order valence-corrected chi connectivity index (χ0v) is 9.49. The van der Waals surface area contributed by atoms with Crippen molar-refractivity contribution in [2.24, 2.45) is 17.6 Å². The van der Waals surface area contributed by atoms with Gasteiger partial charge >= 0.3 is 0 Å². The largest absolute Gasteiger partial charge is 0.341 e. The van der Waals surface area contributed by atoms with Crippen LogP contribution in [0.1, 0.15) is 33.6 Å². The molecular weight excluding hydrogens is 176 g/mol. The topological polar surface area (TPSA) is 46.3 Å². The molecule has 1 atom stereocenters. The molecule has 3 nitrogen and oxygen atoms in total. The van der Waals surface area contributed by atoms with Crippen LogP contribution in [0.4, 0.5) is 0 Å². The fourth-order valence-corrected chi connectivity index (χ4v) is 1.48. The number of amides is 1. The van der Waals surface area contributed by atoms with E-state index in [2.05, 4.69) is 0 Å². The molecule has 0 spiro atoms. The summed E-state index contributed by atoms with van der Waals surface area (Å²) >= 11 is 0. The van der Waals surface area contributed by atoms with Crippen LogP contribution < -0.4 is 5.73 Å². The minimum Gasteiger partial charge on any atom is -0.341 e. The highest BCUT2D eigenvalue weighted by atomic mass is 16.2. The van der Waals surface area contributed by atoms with Crippen LogP contribution in [0.15, 0.2) is 0 Å². The van der Waals surface area contributed by atoms with E-state index in [0.717, 1.165) is 19.0 Å². The third-order valence-electron chi connectivity index (χ3n) is 2.87. The number of carbonyl (C=O) groups is 1. The summed E-state index contributed by atoms with van der Waals surface area (Å²) < 4.78 is 0. The van der Waals surface area contributed by atoms with Gasteiger partial charge in [0.1, 0.15) is 0 Å². The van der Waals surface area contributed by atoms with E-state index in [-0.39, 0.29) is 17.9 Å². The van der Waals surface area contributed by atoms with Crippen molar-refractivity contribution in [1.82, 2.24) is 4.90 Å². The van der Waals surface area contributed by atoms with Crippen molar-refractivity contribution in [2.45, 2.75) is 39.7 Å². The summed E-state index contributed by atoms with van der Waals surface area (Å²) in [5.74, 6) is 1.10. The molecule has 1 rings (SSSR count). The van der Waals surface area contributed by atoms with E-state index in [4.69, 9.17) is 5.73 Å². The van der Waals surface area contributed by atoms with Crippen molar-refractivity contribution in [3.63, 3.8) is 0 Å². The summed E-state index contributed by atoms with van der Waals surface area (Å²) in [5.41, 5.74) is 5.84. The van der Waals surface area contributed by atoms with Crippen molar-refractivity contribution >= 4 is 5.91 Å². The molecule has 3 heteroatoms. The van der Waals surface area contributed by atoms with Gasteiger partial charge in [0.15, 0.2) is 0 Å². The summed E-state index contributed by atoms with van der Waals surface area (Å²) in [5, 5.41) is 0. The van der Waals surface area contributed by atoms with E-state index in [9.17, 15) is 4.79 Å². The van der Waals surface area contributed by atoms with E-state index in [0.29, 0.717) is 0 Å². The van der Waals surface area contributed by atoms with Crippen LogP contribution in [0.25, 0.3) is 0 Å². The molecule has 0 aromatic carbocycles. The summed E-state index contributed by atoms with van der Waals surface area (Å²) in [4.78, 5) is 13.8. The van der Waals surface area contributed by atoms with Gasteiger partial charge in [0.25, 0.3) is 0 Å². The zero-order chi connectivity index (χ0) is 10.7. The number of nitrogens with zero attached hydrogens (tertiary/aromatic N) is 1. The quantitative estimate of drug-likeness (QED) is 0.722. The summed E-state index contributed by atoms with van der Waals surface area (Å²) in [6, 6.07) is -0.325. The molecule has 2 N–H and O–H groups in total. The third kappa shape index (κ3) is 2.98. The van der Waals surface area contributed by atoms with Crippen LogP contribution in [0.2, 0.25) is 0 Å². The lowest BCUT2D eigenvalue weighted by Gasteiger charge is -2.26. The SMILES string of the molecule is CCN(CC1CC1)C(=O)[C@H](N)C(C)C. The Labute approximate surface area is 86.6 Å². The molecule has 0 bridgehead atoms. The molecule has 1 aliphatic carbocycles. The Bertz CT molecular complexity index is 199. The first-order chi connectivity index (χ1) is 6.56. The number of likely N-dealkylation sites (N-methyl/N-ethyl adjacent to an activating group) is 1. The maximum absolute atomic E-state index is 11.9. The van der Waals surface area contributed by atoms with Crippen LogP contribution in [0, 0.1) is 11.8 Å². The number of nitrogens with two attached hydrogens (primary N) is 1. The van der Waals surface area contributed by atoms with Gasteiger partial charge in [-0.15, -0.1) is 0 Å². The molecule has 0 unspecified atom stereocenters. The number of hydrogen-bond donors (Lipinski definition) is 1. The van der Waals surface area contributed by atoms with E-state index in [1.54, 1.807) is 0 Å². The van der Waals surface area contributed by atoms with Gasteiger partial charge in [0.05, 0.1) is 6.04 Å². The lowest BCUT2D eigenvalue weighted by atomic mass is 10.0. The molecule has 0 saturated heterocycles. The number of rotatable bonds is 5. The van der Waals surface area contributed by atoms with Gasteiger partial charge in [0.2, 0.25) is 5.91 Å². The van der Waals surface area contributed by atoms with Gasteiger partial charge in [-0.25, -0.2) is 0 Å². The van der Waals surface area contributed by atoms with Crippen LogP contribution >= 0.6 is 0 Å². The van der Waals surface area contributed by atoms with Crippen LogP contribution in [-0.2, 0) is 4.79 Å². The van der Waals surface area contributed by atoms with Gasteiger partial charge in [-0.05, 0) is 31.6 Å². The Morgan fingerprint density at radius 2 is 2.07 bits per heavy atom. The Morgan fingerprint density at radius 1 is 1.50 bits per heavy atom. The Morgan fingerprint density at radius 3 is 2.43 bits per heavy atom. The van der Waals surface area contributed by atoms with Crippen molar-refractivity contribution in [3.05, 3.63) is 0 Å². The molecule has 1 fully saturated rings. The molecule has 0 aromatic rings. The highest BCUT2D eigenvalue weighted by Crippen LogP contribution is 2.29. The summed E-state index contributed by atoms with van der Waals surface area (Å²) in [6.45, 7) is 7.71. The predicted molar refractivity (Wildman–Crippen MR) is 57.8 cm³/mol. The molecule has 1 saturated carbocycles. The Kier molecular flexibility index (Phi) is 3.93. The fraction of sp³-hybridized carbons (Fsp3) is 0.909. The Balaban J connectivity index is 2.45. The zero-order valence-electron chi connectivity index (χ0n) is 9.49. The van der Waals surface area contributed by atoms with Crippen LogP contribution in [0.3, 0.4) is 0 Å². The third-order valence-corrected chi connectivity index (χ3v) is 2.87. The maximum atomic E-state index is 11.9. The van der Waals surface area contributed by atoms with Crippen LogP contribution in [0.5, 0.6) is 0 Å². The summed E-state index contributed by atoms with van der Waals surface area (Å²) in [6.07, 6.45) is 2.56. The minimum absolute atomic E-state index is 0.120. The minimum atomic E-state index is -0.325. The average molecular weight is 198 g/mol. The van der Waals surface area contributed by atoms with Gasteiger partial charge in [-0.2, -0.15) is 0 Å². The van der Waals surface area contributed by atoms with Crippen molar-refractivity contribution in [3.8, 4) is 0 Å². The normalized spacial score (nSPS) is 18.4. The van der Waals surface area contributed by atoms with Gasteiger partial charge < -0.3 is 10.6 Å². The van der Waals surface area contributed by atoms with E-state index in [1.807, 2.05) is 25.7 Å². The second-order valence-corrected chi connectivity index (χ2v) is 4.59. The highest BCUT2D eigenvalue weighted by Gasteiger charge is 2.28. The van der Waals surface area contributed by atoms with Gasteiger partial charge in [-0.3, -0.25) is 4.79 Å². The first-order valence-corrected chi connectivity index (χ1v) is 5.60. The molecule has 0 aromatic heterocycles. The highest BCUT2D eigenvalue weighted by molar-refractivity contribution is 5.81. The number of hydrogen-bond acceptors (Lipinski definition) is 2. The maximum Gasteiger partial charge on any atom is 0.239 e. The molecule has 82 valence electrons.